The van der Waals surface area contributed by atoms with Gasteiger partial charge in [-0.3, -0.25) is 4.79 Å². The Morgan fingerprint density at radius 1 is 1.18 bits per heavy atom. The molecule has 1 fully saturated rings. The van der Waals surface area contributed by atoms with Gasteiger partial charge in [0, 0.05) is 4.47 Å². The van der Waals surface area contributed by atoms with E-state index in [0.29, 0.717) is 15.8 Å². The molecule has 1 saturated heterocycles. The maximum atomic E-state index is 12.9. The van der Waals surface area contributed by atoms with E-state index in [0.717, 1.165) is 10.0 Å². The van der Waals surface area contributed by atoms with Gasteiger partial charge in [-0.05, 0) is 59.8 Å². The zero-order valence-corrected chi connectivity index (χ0v) is 13.6. The van der Waals surface area contributed by atoms with E-state index in [1.165, 1.54) is 23.9 Å². The van der Waals surface area contributed by atoms with Crippen molar-refractivity contribution in [2.45, 2.75) is 0 Å². The van der Waals surface area contributed by atoms with Crippen molar-refractivity contribution < 1.29 is 9.18 Å². The molecule has 1 amide bonds. The molecule has 0 bridgehead atoms. The van der Waals surface area contributed by atoms with Crippen molar-refractivity contribution in [1.29, 1.82) is 0 Å². The zero-order chi connectivity index (χ0) is 15.5. The first-order valence-corrected chi connectivity index (χ1v) is 8.02. The fourth-order valence-corrected chi connectivity index (χ4v) is 3.12. The number of halogens is 2. The second-order valence-electron chi connectivity index (χ2n) is 4.51. The molecule has 1 aliphatic heterocycles. The number of amidine groups is 1. The van der Waals surface area contributed by atoms with E-state index in [1.54, 1.807) is 18.2 Å². The molecule has 0 unspecified atom stereocenters. The van der Waals surface area contributed by atoms with Crippen LogP contribution in [0.2, 0.25) is 0 Å². The van der Waals surface area contributed by atoms with Crippen LogP contribution >= 0.6 is 27.7 Å². The minimum absolute atomic E-state index is 0.189. The monoisotopic (exact) mass is 376 g/mol. The average molecular weight is 377 g/mol. The molecule has 3 nitrogen and oxygen atoms in total. The Hall–Kier alpha value is -1.92. The molecule has 0 aromatic heterocycles. The van der Waals surface area contributed by atoms with E-state index in [2.05, 4.69) is 26.2 Å². The van der Waals surface area contributed by atoms with Gasteiger partial charge in [-0.1, -0.05) is 28.1 Å². The first kappa shape index (κ1) is 15.0. The minimum atomic E-state index is -0.317. The molecule has 0 radical (unpaired) electrons. The van der Waals surface area contributed by atoms with E-state index < -0.39 is 0 Å². The van der Waals surface area contributed by atoms with Gasteiger partial charge in [-0.15, -0.1) is 0 Å². The van der Waals surface area contributed by atoms with Crippen LogP contribution in [-0.2, 0) is 4.79 Å². The van der Waals surface area contributed by atoms with E-state index in [-0.39, 0.29) is 11.7 Å². The zero-order valence-electron chi connectivity index (χ0n) is 11.2. The van der Waals surface area contributed by atoms with Crippen LogP contribution in [0.3, 0.4) is 0 Å². The van der Waals surface area contributed by atoms with E-state index in [4.69, 9.17) is 0 Å². The smallest absolute Gasteiger partial charge is 0.264 e. The molecule has 0 atom stereocenters. The van der Waals surface area contributed by atoms with Crippen molar-refractivity contribution >= 4 is 50.5 Å². The highest BCUT2D eigenvalue weighted by atomic mass is 79.9. The van der Waals surface area contributed by atoms with Crippen molar-refractivity contribution in [3.8, 4) is 0 Å². The number of carbonyl (C=O) groups is 1. The number of amides is 1. The number of nitrogens with zero attached hydrogens (tertiary/aromatic N) is 1. The first-order valence-electron chi connectivity index (χ1n) is 6.41. The molecule has 2 aromatic carbocycles. The fourth-order valence-electron chi connectivity index (χ4n) is 1.86. The van der Waals surface area contributed by atoms with E-state index in [1.807, 2.05) is 24.3 Å². The molecule has 1 N–H and O–H groups in total. The number of aliphatic imine (C=N–C) groups is 1. The number of hydrogen-bond acceptors (Lipinski definition) is 3. The van der Waals surface area contributed by atoms with Crippen LogP contribution < -0.4 is 5.32 Å². The summed E-state index contributed by atoms with van der Waals surface area (Å²) in [6, 6.07) is 13.5. The van der Waals surface area contributed by atoms with Gasteiger partial charge in [-0.25, -0.2) is 9.38 Å². The summed E-state index contributed by atoms with van der Waals surface area (Å²) in [6.07, 6.45) is 1.80. The largest absolute Gasteiger partial charge is 0.300 e. The predicted octanol–water partition coefficient (Wildman–Crippen LogP) is 4.48. The van der Waals surface area contributed by atoms with Gasteiger partial charge < -0.3 is 5.32 Å². The van der Waals surface area contributed by atoms with Crippen LogP contribution in [0.5, 0.6) is 0 Å². The lowest BCUT2D eigenvalue weighted by Crippen LogP contribution is -2.19. The summed E-state index contributed by atoms with van der Waals surface area (Å²) in [6.45, 7) is 0. The van der Waals surface area contributed by atoms with Crippen LogP contribution in [0.25, 0.3) is 6.08 Å². The van der Waals surface area contributed by atoms with Gasteiger partial charge in [0.05, 0.1) is 10.6 Å². The summed E-state index contributed by atoms with van der Waals surface area (Å²) in [7, 11) is 0. The minimum Gasteiger partial charge on any atom is -0.300 e. The summed E-state index contributed by atoms with van der Waals surface area (Å²) in [4.78, 5) is 16.8. The third kappa shape index (κ3) is 3.64. The number of rotatable bonds is 2. The highest BCUT2D eigenvalue weighted by molar-refractivity contribution is 9.10. The first-order chi connectivity index (χ1) is 10.6. The molecule has 110 valence electrons. The summed E-state index contributed by atoms with van der Waals surface area (Å²) < 4.78 is 13.8. The SMILES string of the molecule is O=C1NC(=Nc2ccc(F)cc2)SC1=Cc1cccc(Br)c1. The Bertz CT molecular complexity index is 787. The number of thioether (sulfide) groups is 1. The van der Waals surface area contributed by atoms with Gasteiger partial charge in [0.2, 0.25) is 0 Å². The molecule has 1 aliphatic rings. The van der Waals surface area contributed by atoms with Crippen molar-refractivity contribution in [2.75, 3.05) is 0 Å². The molecule has 0 aliphatic carbocycles. The molecule has 22 heavy (non-hydrogen) atoms. The Balaban J connectivity index is 1.82. The van der Waals surface area contributed by atoms with Crippen molar-refractivity contribution in [3.05, 3.63) is 69.3 Å². The number of nitrogens with one attached hydrogen (secondary N) is 1. The van der Waals surface area contributed by atoms with Crippen LogP contribution in [0.4, 0.5) is 10.1 Å². The van der Waals surface area contributed by atoms with Gasteiger partial charge in [0.1, 0.15) is 5.82 Å². The normalized spacial score (nSPS) is 18.0. The molecule has 6 heteroatoms. The van der Waals surface area contributed by atoms with Crippen molar-refractivity contribution in [3.63, 3.8) is 0 Å². The van der Waals surface area contributed by atoms with Gasteiger partial charge >= 0.3 is 0 Å². The molecule has 0 saturated carbocycles. The van der Waals surface area contributed by atoms with Gasteiger partial charge in [0.25, 0.3) is 5.91 Å². The lowest BCUT2D eigenvalue weighted by molar-refractivity contribution is -0.115. The maximum Gasteiger partial charge on any atom is 0.264 e. The molecule has 3 rings (SSSR count). The van der Waals surface area contributed by atoms with Crippen LogP contribution in [0.1, 0.15) is 5.56 Å². The van der Waals surface area contributed by atoms with Crippen molar-refractivity contribution in [1.82, 2.24) is 5.32 Å². The summed E-state index contributed by atoms with van der Waals surface area (Å²) in [5.74, 6) is -0.506. The highest BCUT2D eigenvalue weighted by Gasteiger charge is 2.23. The number of hydrogen-bond donors (Lipinski definition) is 1. The second-order valence-corrected chi connectivity index (χ2v) is 6.46. The Kier molecular flexibility index (Phi) is 4.40. The molecule has 2 aromatic rings. The molecular weight excluding hydrogens is 367 g/mol. The summed E-state index contributed by atoms with van der Waals surface area (Å²) in [5, 5.41) is 3.19. The van der Waals surface area contributed by atoms with Gasteiger partial charge in [0.15, 0.2) is 5.17 Å². The summed E-state index contributed by atoms with van der Waals surface area (Å²) in [5.41, 5.74) is 1.52. The number of benzene rings is 2. The van der Waals surface area contributed by atoms with Crippen molar-refractivity contribution in [2.24, 2.45) is 4.99 Å². The fraction of sp³-hybridized carbons (Fsp3) is 0. The lowest BCUT2D eigenvalue weighted by atomic mass is 10.2. The molecule has 1 heterocycles. The van der Waals surface area contributed by atoms with E-state index >= 15 is 0 Å². The Morgan fingerprint density at radius 2 is 1.95 bits per heavy atom. The predicted molar refractivity (Wildman–Crippen MR) is 91.3 cm³/mol. The lowest BCUT2D eigenvalue weighted by Gasteiger charge is -1.96. The topological polar surface area (TPSA) is 41.5 Å². The third-order valence-corrected chi connectivity index (χ3v) is 4.26. The van der Waals surface area contributed by atoms with Crippen LogP contribution in [0, 0.1) is 5.82 Å². The molecule has 0 spiro atoms. The Morgan fingerprint density at radius 3 is 2.68 bits per heavy atom. The molecular formula is C16H10BrFN2OS. The van der Waals surface area contributed by atoms with E-state index in [9.17, 15) is 9.18 Å². The van der Waals surface area contributed by atoms with Crippen LogP contribution in [0.15, 0.2) is 62.9 Å². The summed E-state index contributed by atoms with van der Waals surface area (Å²) >= 11 is 4.66. The van der Waals surface area contributed by atoms with Crippen LogP contribution in [-0.4, -0.2) is 11.1 Å². The van der Waals surface area contributed by atoms with Gasteiger partial charge in [-0.2, -0.15) is 0 Å². The Labute approximate surface area is 139 Å². The second kappa shape index (κ2) is 6.46. The highest BCUT2D eigenvalue weighted by Crippen LogP contribution is 2.28. The average Bonchev–Trinajstić information content (AvgIpc) is 2.81. The standard InChI is InChI=1S/C16H10BrFN2OS/c17-11-3-1-2-10(8-11)9-14-15(21)20-16(22-14)19-13-6-4-12(18)5-7-13/h1-9H,(H,19,20,21). The third-order valence-electron chi connectivity index (χ3n) is 2.85. The number of carbonyl (C=O) groups excluding carboxylic acids is 1. The maximum absolute atomic E-state index is 12.9. The quantitative estimate of drug-likeness (QED) is 0.785.